The van der Waals surface area contributed by atoms with E-state index in [1.165, 1.54) is 0 Å². The Morgan fingerprint density at radius 3 is 2.64 bits per heavy atom. The van der Waals surface area contributed by atoms with E-state index >= 15 is 0 Å². The van der Waals surface area contributed by atoms with Crippen molar-refractivity contribution in [1.82, 2.24) is 4.90 Å². The standard InChI is InChI=1S/C21H30ClNO5/c1-3-7-28-19-11-17(22)15(10-18(19)27-4-2)12-23-13-16(20(24)25)21(14-23)5-8-26-9-6-21/h10-11,16H,3-9,12-14H2,1-2H3,(H,24,25). The molecule has 2 heterocycles. The first-order valence-corrected chi connectivity index (χ1v) is 10.5. The zero-order valence-electron chi connectivity index (χ0n) is 16.7. The molecule has 0 amide bonds. The van der Waals surface area contributed by atoms with Crippen molar-refractivity contribution in [1.29, 1.82) is 0 Å². The number of likely N-dealkylation sites (tertiary alicyclic amines) is 1. The predicted octanol–water partition coefficient (Wildman–Crippen LogP) is 3.84. The van der Waals surface area contributed by atoms with Crippen molar-refractivity contribution < 1.29 is 24.1 Å². The van der Waals surface area contributed by atoms with E-state index in [1.54, 1.807) is 0 Å². The van der Waals surface area contributed by atoms with Crippen molar-refractivity contribution in [3.8, 4) is 11.5 Å². The number of hydrogen-bond donors (Lipinski definition) is 1. The second-order valence-electron chi connectivity index (χ2n) is 7.71. The summed E-state index contributed by atoms with van der Waals surface area (Å²) < 4.78 is 17.0. The first-order chi connectivity index (χ1) is 13.5. The van der Waals surface area contributed by atoms with Gasteiger partial charge >= 0.3 is 5.97 Å². The molecule has 156 valence electrons. The number of halogens is 1. The Kier molecular flexibility index (Phi) is 7.07. The SMILES string of the molecule is CCCOc1cc(Cl)c(CN2CC(C(=O)O)C3(CCOCC3)C2)cc1OCC. The molecule has 2 aliphatic heterocycles. The van der Waals surface area contributed by atoms with E-state index in [-0.39, 0.29) is 11.3 Å². The number of benzene rings is 1. The van der Waals surface area contributed by atoms with Crippen LogP contribution in [0.2, 0.25) is 5.02 Å². The van der Waals surface area contributed by atoms with Crippen LogP contribution in [-0.4, -0.2) is 55.5 Å². The Bertz CT molecular complexity index is 690. The van der Waals surface area contributed by atoms with Gasteiger partial charge in [-0.2, -0.15) is 0 Å². The molecule has 2 aliphatic rings. The van der Waals surface area contributed by atoms with Gasteiger partial charge in [-0.25, -0.2) is 0 Å². The smallest absolute Gasteiger partial charge is 0.308 e. The number of aliphatic carboxylic acids is 1. The first kappa shape index (κ1) is 21.2. The number of hydrogen-bond acceptors (Lipinski definition) is 5. The molecule has 0 aromatic heterocycles. The molecule has 2 fully saturated rings. The van der Waals surface area contributed by atoms with Crippen LogP contribution in [0, 0.1) is 11.3 Å². The normalized spacial score (nSPS) is 21.8. The lowest BCUT2D eigenvalue weighted by atomic mass is 9.72. The molecule has 3 rings (SSSR count). The highest BCUT2D eigenvalue weighted by molar-refractivity contribution is 6.31. The average Bonchev–Trinajstić information content (AvgIpc) is 3.01. The lowest BCUT2D eigenvalue weighted by molar-refractivity contribution is -0.147. The molecule has 0 bridgehead atoms. The third-order valence-corrected chi connectivity index (χ3v) is 6.13. The maximum absolute atomic E-state index is 11.9. The number of carboxylic acid groups (broad SMARTS) is 1. The molecule has 1 aromatic carbocycles. The lowest BCUT2D eigenvalue weighted by Gasteiger charge is -2.36. The number of carboxylic acids is 1. The predicted molar refractivity (Wildman–Crippen MR) is 107 cm³/mol. The van der Waals surface area contributed by atoms with Crippen molar-refractivity contribution in [3.05, 3.63) is 22.7 Å². The van der Waals surface area contributed by atoms with Gasteiger partial charge in [0.15, 0.2) is 11.5 Å². The van der Waals surface area contributed by atoms with Crippen LogP contribution < -0.4 is 9.47 Å². The molecular formula is C21H30ClNO5. The van der Waals surface area contributed by atoms with Gasteiger partial charge in [-0.15, -0.1) is 0 Å². The maximum atomic E-state index is 11.9. The molecule has 1 atom stereocenters. The van der Waals surface area contributed by atoms with Crippen LogP contribution >= 0.6 is 11.6 Å². The molecule has 1 spiro atoms. The van der Waals surface area contributed by atoms with E-state index in [4.69, 9.17) is 25.8 Å². The van der Waals surface area contributed by atoms with Gasteiger partial charge in [-0.3, -0.25) is 9.69 Å². The van der Waals surface area contributed by atoms with Gasteiger partial charge in [0, 0.05) is 49.4 Å². The van der Waals surface area contributed by atoms with Gasteiger partial charge in [0.1, 0.15) is 0 Å². The monoisotopic (exact) mass is 411 g/mol. The lowest BCUT2D eigenvalue weighted by Crippen LogP contribution is -2.40. The highest BCUT2D eigenvalue weighted by Crippen LogP contribution is 2.45. The van der Waals surface area contributed by atoms with Crippen molar-refractivity contribution in [3.63, 3.8) is 0 Å². The van der Waals surface area contributed by atoms with Gasteiger partial charge in [0.05, 0.1) is 19.1 Å². The zero-order chi connectivity index (χ0) is 20.1. The maximum Gasteiger partial charge on any atom is 0.308 e. The zero-order valence-corrected chi connectivity index (χ0v) is 17.5. The van der Waals surface area contributed by atoms with Crippen molar-refractivity contribution in [2.75, 3.05) is 39.5 Å². The summed E-state index contributed by atoms with van der Waals surface area (Å²) >= 11 is 6.54. The fourth-order valence-corrected chi connectivity index (χ4v) is 4.56. The molecule has 7 heteroatoms. The molecule has 28 heavy (non-hydrogen) atoms. The topological polar surface area (TPSA) is 68.2 Å². The van der Waals surface area contributed by atoms with Gasteiger partial charge in [0.25, 0.3) is 0 Å². The van der Waals surface area contributed by atoms with Crippen LogP contribution in [0.15, 0.2) is 12.1 Å². The minimum Gasteiger partial charge on any atom is -0.490 e. The van der Waals surface area contributed by atoms with Crippen molar-refractivity contribution in [2.45, 2.75) is 39.7 Å². The molecule has 0 aliphatic carbocycles. The molecule has 1 N–H and O–H groups in total. The molecule has 1 aromatic rings. The van der Waals surface area contributed by atoms with Gasteiger partial charge in [-0.1, -0.05) is 18.5 Å². The highest BCUT2D eigenvalue weighted by Gasteiger charge is 2.50. The summed E-state index contributed by atoms with van der Waals surface area (Å²) in [7, 11) is 0. The van der Waals surface area contributed by atoms with E-state index in [1.807, 2.05) is 19.1 Å². The van der Waals surface area contributed by atoms with Crippen molar-refractivity contribution >= 4 is 17.6 Å². The van der Waals surface area contributed by atoms with Crippen LogP contribution in [0.5, 0.6) is 11.5 Å². The Hall–Kier alpha value is -1.50. The molecule has 0 radical (unpaired) electrons. The average molecular weight is 412 g/mol. The number of ether oxygens (including phenoxy) is 3. The molecule has 6 nitrogen and oxygen atoms in total. The quantitative estimate of drug-likeness (QED) is 0.700. The second kappa shape index (κ2) is 9.33. The van der Waals surface area contributed by atoms with Gasteiger partial charge in [-0.05, 0) is 37.8 Å². The van der Waals surface area contributed by atoms with Gasteiger partial charge in [0.2, 0.25) is 0 Å². The fourth-order valence-electron chi connectivity index (χ4n) is 4.35. The Morgan fingerprint density at radius 2 is 2.00 bits per heavy atom. The summed E-state index contributed by atoms with van der Waals surface area (Å²) in [6, 6.07) is 3.74. The van der Waals surface area contributed by atoms with E-state index in [9.17, 15) is 9.90 Å². The number of rotatable bonds is 8. The summed E-state index contributed by atoms with van der Waals surface area (Å²) in [6.45, 7) is 8.28. The van der Waals surface area contributed by atoms with E-state index in [0.29, 0.717) is 56.0 Å². The number of nitrogens with zero attached hydrogens (tertiary/aromatic N) is 1. The van der Waals surface area contributed by atoms with E-state index in [2.05, 4.69) is 11.8 Å². The third kappa shape index (κ3) is 4.56. The summed E-state index contributed by atoms with van der Waals surface area (Å²) in [5.41, 5.74) is 0.728. The highest BCUT2D eigenvalue weighted by atomic mass is 35.5. The Morgan fingerprint density at radius 1 is 1.29 bits per heavy atom. The van der Waals surface area contributed by atoms with Gasteiger partial charge < -0.3 is 19.3 Å². The van der Waals surface area contributed by atoms with Crippen LogP contribution in [0.25, 0.3) is 0 Å². The summed E-state index contributed by atoms with van der Waals surface area (Å²) in [6.07, 6.45) is 2.49. The van der Waals surface area contributed by atoms with Crippen LogP contribution in [0.3, 0.4) is 0 Å². The summed E-state index contributed by atoms with van der Waals surface area (Å²) in [5.74, 6) is 0.260. The molecular weight excluding hydrogens is 382 g/mol. The van der Waals surface area contributed by atoms with Crippen LogP contribution in [0.1, 0.15) is 38.7 Å². The molecule has 0 saturated carbocycles. The summed E-state index contributed by atoms with van der Waals surface area (Å²) in [4.78, 5) is 14.1. The van der Waals surface area contributed by atoms with E-state index in [0.717, 1.165) is 31.4 Å². The van der Waals surface area contributed by atoms with E-state index < -0.39 is 5.97 Å². The third-order valence-electron chi connectivity index (χ3n) is 5.77. The minimum atomic E-state index is -0.714. The second-order valence-corrected chi connectivity index (χ2v) is 8.11. The van der Waals surface area contributed by atoms with Crippen LogP contribution in [0.4, 0.5) is 0 Å². The van der Waals surface area contributed by atoms with Crippen molar-refractivity contribution in [2.24, 2.45) is 11.3 Å². The fraction of sp³-hybridized carbons (Fsp3) is 0.667. The van der Waals surface area contributed by atoms with Crippen LogP contribution in [-0.2, 0) is 16.1 Å². The Balaban J connectivity index is 1.79. The molecule has 1 unspecified atom stereocenters. The first-order valence-electron chi connectivity index (χ1n) is 10.1. The molecule has 2 saturated heterocycles. The largest absolute Gasteiger partial charge is 0.490 e. The summed E-state index contributed by atoms with van der Waals surface area (Å²) in [5, 5.41) is 10.4. The Labute approximate surface area is 171 Å². The minimum absolute atomic E-state index is 0.205. The number of carbonyl (C=O) groups is 1.